The lowest BCUT2D eigenvalue weighted by Crippen LogP contribution is -2.37. The minimum atomic E-state index is 0.193. The number of nitrogens with zero attached hydrogens (tertiary/aromatic N) is 1. The van der Waals surface area contributed by atoms with E-state index in [1.54, 1.807) is 0 Å². The van der Waals surface area contributed by atoms with Crippen LogP contribution in [0, 0.1) is 6.92 Å². The summed E-state index contributed by atoms with van der Waals surface area (Å²) in [5.74, 6) is 0. The van der Waals surface area contributed by atoms with Gasteiger partial charge in [-0.3, -0.25) is 0 Å². The molecule has 0 saturated carbocycles. The number of benzene rings is 1. The van der Waals surface area contributed by atoms with E-state index < -0.39 is 0 Å². The van der Waals surface area contributed by atoms with Crippen molar-refractivity contribution in [1.82, 2.24) is 9.88 Å². The van der Waals surface area contributed by atoms with Crippen molar-refractivity contribution in [3.8, 4) is 0 Å². The van der Waals surface area contributed by atoms with E-state index in [0.717, 1.165) is 13.0 Å². The third kappa shape index (κ3) is 2.59. The van der Waals surface area contributed by atoms with E-state index in [2.05, 4.69) is 68.9 Å². The molecule has 98 valence electrons. The number of hydrogen-bond donors (Lipinski definition) is 1. The Balaban J connectivity index is 2.25. The van der Waals surface area contributed by atoms with Crippen LogP contribution in [0.2, 0.25) is 0 Å². The number of rotatable bonds is 3. The maximum absolute atomic E-state index is 3.56. The van der Waals surface area contributed by atoms with Crippen molar-refractivity contribution in [3.63, 3.8) is 0 Å². The predicted molar refractivity (Wildman–Crippen MR) is 79.1 cm³/mol. The molecule has 2 heteroatoms. The number of para-hydroxylation sites is 1. The normalized spacial score (nSPS) is 12.3. The van der Waals surface area contributed by atoms with Crippen molar-refractivity contribution >= 4 is 10.9 Å². The molecule has 0 amide bonds. The lowest BCUT2D eigenvalue weighted by molar-refractivity contribution is 0.429. The Morgan fingerprint density at radius 1 is 1.17 bits per heavy atom. The first kappa shape index (κ1) is 13.2. The second-order valence-electron chi connectivity index (χ2n) is 6.07. The standard InChI is InChI=1S/C16H24N2/c1-12-13(10-11-17-16(2,3)4)14-8-6-7-9-15(14)18(12)5/h6-9,17H,10-11H2,1-5H3. The van der Waals surface area contributed by atoms with Gasteiger partial charge in [0.15, 0.2) is 0 Å². The van der Waals surface area contributed by atoms with Gasteiger partial charge >= 0.3 is 0 Å². The number of fused-ring (bicyclic) bond motifs is 1. The molecular weight excluding hydrogens is 220 g/mol. The van der Waals surface area contributed by atoms with Crippen LogP contribution in [0.5, 0.6) is 0 Å². The van der Waals surface area contributed by atoms with Crippen molar-refractivity contribution in [3.05, 3.63) is 35.5 Å². The van der Waals surface area contributed by atoms with Crippen molar-refractivity contribution in [1.29, 1.82) is 0 Å². The lowest BCUT2D eigenvalue weighted by atomic mass is 10.1. The fourth-order valence-corrected chi connectivity index (χ4v) is 2.48. The van der Waals surface area contributed by atoms with Crippen LogP contribution >= 0.6 is 0 Å². The maximum atomic E-state index is 3.56. The molecule has 0 aliphatic rings. The summed E-state index contributed by atoms with van der Waals surface area (Å²) in [7, 11) is 2.15. The van der Waals surface area contributed by atoms with Crippen molar-refractivity contribution in [2.75, 3.05) is 6.54 Å². The molecule has 0 spiro atoms. The molecule has 0 saturated heterocycles. The highest BCUT2D eigenvalue weighted by Gasteiger charge is 2.13. The van der Waals surface area contributed by atoms with Crippen molar-refractivity contribution in [2.24, 2.45) is 7.05 Å². The van der Waals surface area contributed by atoms with E-state index in [4.69, 9.17) is 0 Å². The molecule has 0 atom stereocenters. The predicted octanol–water partition coefficient (Wildman–Crippen LogP) is 3.42. The van der Waals surface area contributed by atoms with Crippen molar-refractivity contribution in [2.45, 2.75) is 39.7 Å². The Morgan fingerprint density at radius 3 is 2.50 bits per heavy atom. The number of aryl methyl sites for hydroxylation is 1. The van der Waals surface area contributed by atoms with Gasteiger partial charge < -0.3 is 9.88 Å². The summed E-state index contributed by atoms with van der Waals surface area (Å²) in [4.78, 5) is 0. The van der Waals surface area contributed by atoms with Gasteiger partial charge in [-0.2, -0.15) is 0 Å². The second kappa shape index (κ2) is 4.77. The molecule has 0 radical (unpaired) electrons. The molecular formula is C16H24N2. The van der Waals surface area contributed by atoms with Crippen LogP contribution < -0.4 is 5.32 Å². The molecule has 1 aromatic carbocycles. The van der Waals surface area contributed by atoms with E-state index in [9.17, 15) is 0 Å². The van der Waals surface area contributed by atoms with Crippen LogP contribution in [0.1, 0.15) is 32.0 Å². The highest BCUT2D eigenvalue weighted by atomic mass is 15.0. The highest BCUT2D eigenvalue weighted by molar-refractivity contribution is 5.85. The first-order valence-corrected chi connectivity index (χ1v) is 6.68. The Kier molecular flexibility index (Phi) is 3.49. The zero-order valence-corrected chi connectivity index (χ0v) is 12.2. The molecule has 18 heavy (non-hydrogen) atoms. The number of hydrogen-bond acceptors (Lipinski definition) is 1. The topological polar surface area (TPSA) is 17.0 Å². The van der Waals surface area contributed by atoms with Crippen LogP contribution in [0.15, 0.2) is 24.3 Å². The van der Waals surface area contributed by atoms with E-state index in [1.807, 2.05) is 0 Å². The summed E-state index contributed by atoms with van der Waals surface area (Å²) in [6.07, 6.45) is 1.09. The van der Waals surface area contributed by atoms with Gasteiger partial charge in [0.25, 0.3) is 0 Å². The zero-order valence-electron chi connectivity index (χ0n) is 12.2. The molecule has 0 fully saturated rings. The number of nitrogens with one attached hydrogen (secondary N) is 1. The van der Waals surface area contributed by atoms with E-state index in [-0.39, 0.29) is 5.54 Å². The molecule has 1 heterocycles. The monoisotopic (exact) mass is 244 g/mol. The summed E-state index contributed by atoms with van der Waals surface area (Å²) >= 11 is 0. The molecule has 2 rings (SSSR count). The molecule has 2 nitrogen and oxygen atoms in total. The first-order valence-electron chi connectivity index (χ1n) is 6.68. The average Bonchev–Trinajstić information content (AvgIpc) is 2.53. The summed E-state index contributed by atoms with van der Waals surface area (Å²) < 4.78 is 2.29. The van der Waals surface area contributed by atoms with Crippen LogP contribution in [0.25, 0.3) is 10.9 Å². The van der Waals surface area contributed by atoms with Gasteiger partial charge in [0.1, 0.15) is 0 Å². The fourth-order valence-electron chi connectivity index (χ4n) is 2.48. The number of aromatic nitrogens is 1. The fraction of sp³-hybridized carbons (Fsp3) is 0.500. The smallest absolute Gasteiger partial charge is 0.0482 e. The SMILES string of the molecule is Cc1c(CCNC(C)(C)C)c2ccccc2n1C. The first-order chi connectivity index (χ1) is 8.40. The molecule has 0 aliphatic carbocycles. The maximum Gasteiger partial charge on any atom is 0.0482 e. The van der Waals surface area contributed by atoms with Crippen LogP contribution in [0.4, 0.5) is 0 Å². The van der Waals surface area contributed by atoms with Gasteiger partial charge in [-0.05, 0) is 52.3 Å². The summed E-state index contributed by atoms with van der Waals surface area (Å²) in [6, 6.07) is 8.67. The van der Waals surface area contributed by atoms with E-state index >= 15 is 0 Å². The van der Waals surface area contributed by atoms with Crippen molar-refractivity contribution < 1.29 is 0 Å². The Bertz CT molecular complexity index is 544. The third-order valence-corrected chi connectivity index (χ3v) is 3.56. The Hall–Kier alpha value is -1.28. The molecule has 1 aromatic heterocycles. The van der Waals surface area contributed by atoms with Gasteiger partial charge in [-0.1, -0.05) is 18.2 Å². The highest BCUT2D eigenvalue weighted by Crippen LogP contribution is 2.24. The van der Waals surface area contributed by atoms with Gasteiger partial charge in [0, 0.05) is 29.2 Å². The zero-order chi connectivity index (χ0) is 13.3. The minimum Gasteiger partial charge on any atom is -0.348 e. The second-order valence-corrected chi connectivity index (χ2v) is 6.07. The molecule has 2 aromatic rings. The van der Waals surface area contributed by atoms with Crippen LogP contribution in [-0.2, 0) is 13.5 Å². The quantitative estimate of drug-likeness (QED) is 0.875. The van der Waals surface area contributed by atoms with Gasteiger partial charge in [-0.25, -0.2) is 0 Å². The Morgan fingerprint density at radius 2 is 1.83 bits per heavy atom. The van der Waals surface area contributed by atoms with Gasteiger partial charge in [-0.15, -0.1) is 0 Å². The molecule has 0 bridgehead atoms. The summed E-state index contributed by atoms with van der Waals surface area (Å²) in [5.41, 5.74) is 4.39. The van der Waals surface area contributed by atoms with E-state index in [0.29, 0.717) is 0 Å². The summed E-state index contributed by atoms with van der Waals surface area (Å²) in [5, 5.41) is 4.96. The largest absolute Gasteiger partial charge is 0.348 e. The summed E-state index contributed by atoms with van der Waals surface area (Å²) in [6.45, 7) is 9.87. The molecule has 0 unspecified atom stereocenters. The average molecular weight is 244 g/mol. The molecule has 1 N–H and O–H groups in total. The van der Waals surface area contributed by atoms with Gasteiger partial charge in [0.05, 0.1) is 0 Å². The van der Waals surface area contributed by atoms with Crippen LogP contribution in [-0.4, -0.2) is 16.7 Å². The van der Waals surface area contributed by atoms with Crippen LogP contribution in [0.3, 0.4) is 0 Å². The molecule has 0 aliphatic heterocycles. The third-order valence-electron chi connectivity index (χ3n) is 3.56. The minimum absolute atomic E-state index is 0.193. The van der Waals surface area contributed by atoms with Gasteiger partial charge in [0.2, 0.25) is 0 Å². The Labute approximate surface area is 110 Å². The lowest BCUT2D eigenvalue weighted by Gasteiger charge is -2.20. The van der Waals surface area contributed by atoms with E-state index in [1.165, 1.54) is 22.2 Å².